The molecule has 1 nitrogen and oxygen atoms in total. The van der Waals surface area contributed by atoms with E-state index in [0.29, 0.717) is 0 Å². The van der Waals surface area contributed by atoms with Crippen molar-refractivity contribution in [2.75, 3.05) is 6.61 Å². The monoisotopic (exact) mass is 296 g/mol. The van der Waals surface area contributed by atoms with Gasteiger partial charge in [0.25, 0.3) is 0 Å². The van der Waals surface area contributed by atoms with Gasteiger partial charge in [-0.3, -0.25) is 0 Å². The van der Waals surface area contributed by atoms with Gasteiger partial charge in [-0.1, -0.05) is 22.0 Å². The Morgan fingerprint density at radius 1 is 1.31 bits per heavy atom. The fraction of sp³-hybridized carbons (Fsp3) is 0.231. The van der Waals surface area contributed by atoms with Gasteiger partial charge in [-0.05, 0) is 42.1 Å². The number of hydrogen-bond acceptors (Lipinski definition) is 2. The molecule has 0 fully saturated rings. The highest BCUT2D eigenvalue weighted by Gasteiger charge is 2.00. The summed E-state index contributed by atoms with van der Waals surface area (Å²) < 4.78 is 6.84. The molecule has 0 aliphatic carbocycles. The second-order valence-corrected chi connectivity index (χ2v) is 5.54. The van der Waals surface area contributed by atoms with E-state index in [4.69, 9.17) is 4.74 Å². The fourth-order valence-corrected chi connectivity index (χ4v) is 2.66. The molecule has 0 bridgehead atoms. The summed E-state index contributed by atoms with van der Waals surface area (Å²) in [5.41, 5.74) is 1.17. The summed E-state index contributed by atoms with van der Waals surface area (Å²) in [7, 11) is 0. The lowest BCUT2D eigenvalue weighted by Crippen LogP contribution is -2.01. The predicted molar refractivity (Wildman–Crippen MR) is 72.4 cm³/mol. The molecular weight excluding hydrogens is 284 g/mol. The van der Waals surface area contributed by atoms with E-state index >= 15 is 0 Å². The van der Waals surface area contributed by atoms with Crippen molar-refractivity contribution in [3.63, 3.8) is 0 Å². The van der Waals surface area contributed by atoms with Gasteiger partial charge in [0, 0.05) is 15.8 Å². The maximum atomic E-state index is 5.75. The van der Waals surface area contributed by atoms with Gasteiger partial charge in [0.1, 0.15) is 5.75 Å². The molecule has 0 radical (unpaired) electrons. The SMILES string of the molecule is Cc1cc(Br)ccc1OCCc1cccs1. The molecule has 0 unspecified atom stereocenters. The zero-order valence-electron chi connectivity index (χ0n) is 9.07. The van der Waals surface area contributed by atoms with Crippen LogP contribution in [0.4, 0.5) is 0 Å². The second kappa shape index (κ2) is 5.51. The molecule has 0 aliphatic heterocycles. The number of benzene rings is 1. The summed E-state index contributed by atoms with van der Waals surface area (Å²) in [6, 6.07) is 10.3. The summed E-state index contributed by atoms with van der Waals surface area (Å²) in [5.74, 6) is 0.972. The molecule has 0 atom stereocenters. The van der Waals surface area contributed by atoms with Crippen LogP contribution in [-0.2, 0) is 6.42 Å². The highest BCUT2D eigenvalue weighted by molar-refractivity contribution is 9.10. The first-order valence-electron chi connectivity index (χ1n) is 5.17. The molecule has 84 valence electrons. The Hall–Kier alpha value is -0.800. The largest absolute Gasteiger partial charge is 0.493 e. The number of thiophene rings is 1. The van der Waals surface area contributed by atoms with E-state index in [9.17, 15) is 0 Å². The van der Waals surface area contributed by atoms with Gasteiger partial charge in [0.05, 0.1) is 6.61 Å². The highest BCUT2D eigenvalue weighted by atomic mass is 79.9. The minimum atomic E-state index is 0.739. The second-order valence-electron chi connectivity index (χ2n) is 3.59. The van der Waals surface area contributed by atoms with E-state index in [2.05, 4.69) is 46.4 Å². The molecule has 0 spiro atoms. The molecule has 0 aliphatic rings. The average molecular weight is 297 g/mol. The molecule has 2 rings (SSSR count). The lowest BCUT2D eigenvalue weighted by molar-refractivity contribution is 0.321. The van der Waals surface area contributed by atoms with Crippen molar-refractivity contribution in [2.45, 2.75) is 13.3 Å². The average Bonchev–Trinajstić information content (AvgIpc) is 2.74. The normalized spacial score (nSPS) is 10.4. The van der Waals surface area contributed by atoms with Gasteiger partial charge in [-0.15, -0.1) is 11.3 Å². The Kier molecular flexibility index (Phi) is 4.02. The van der Waals surface area contributed by atoms with Crippen LogP contribution in [0.15, 0.2) is 40.2 Å². The van der Waals surface area contributed by atoms with E-state index in [-0.39, 0.29) is 0 Å². The van der Waals surface area contributed by atoms with Crippen LogP contribution in [0.2, 0.25) is 0 Å². The molecule has 2 aromatic rings. The third-order valence-corrected chi connectivity index (χ3v) is 3.75. The van der Waals surface area contributed by atoms with Gasteiger partial charge in [0.15, 0.2) is 0 Å². The van der Waals surface area contributed by atoms with Crippen LogP contribution < -0.4 is 4.74 Å². The Morgan fingerprint density at radius 2 is 2.19 bits per heavy atom. The summed E-state index contributed by atoms with van der Waals surface area (Å²) in [4.78, 5) is 1.37. The van der Waals surface area contributed by atoms with Crippen LogP contribution in [0.25, 0.3) is 0 Å². The molecule has 0 saturated carbocycles. The molecule has 0 N–H and O–H groups in total. The first kappa shape index (κ1) is 11.7. The van der Waals surface area contributed by atoms with Gasteiger partial charge in [-0.25, -0.2) is 0 Å². The van der Waals surface area contributed by atoms with Gasteiger partial charge in [-0.2, -0.15) is 0 Å². The zero-order valence-corrected chi connectivity index (χ0v) is 11.5. The maximum absolute atomic E-state index is 5.75. The topological polar surface area (TPSA) is 9.23 Å². The Balaban J connectivity index is 1.90. The van der Waals surface area contributed by atoms with E-state index < -0.39 is 0 Å². The van der Waals surface area contributed by atoms with Gasteiger partial charge >= 0.3 is 0 Å². The lowest BCUT2D eigenvalue weighted by Gasteiger charge is -2.08. The quantitative estimate of drug-likeness (QED) is 0.810. The molecule has 16 heavy (non-hydrogen) atoms. The number of ether oxygens (including phenoxy) is 1. The maximum Gasteiger partial charge on any atom is 0.122 e. The van der Waals surface area contributed by atoms with Crippen molar-refractivity contribution in [3.8, 4) is 5.75 Å². The highest BCUT2D eigenvalue weighted by Crippen LogP contribution is 2.22. The lowest BCUT2D eigenvalue weighted by atomic mass is 10.2. The van der Waals surface area contributed by atoms with Crippen molar-refractivity contribution in [3.05, 3.63) is 50.6 Å². The van der Waals surface area contributed by atoms with Crippen LogP contribution in [0, 0.1) is 6.92 Å². The van der Waals surface area contributed by atoms with Crippen molar-refractivity contribution in [2.24, 2.45) is 0 Å². The Bertz CT molecular complexity index is 451. The molecule has 0 amide bonds. The zero-order chi connectivity index (χ0) is 11.4. The number of rotatable bonds is 4. The Morgan fingerprint density at radius 3 is 2.88 bits per heavy atom. The van der Waals surface area contributed by atoms with Crippen LogP contribution >= 0.6 is 27.3 Å². The molecular formula is C13H13BrOS. The molecule has 0 saturated heterocycles. The van der Waals surface area contributed by atoms with Crippen molar-refractivity contribution in [1.29, 1.82) is 0 Å². The summed E-state index contributed by atoms with van der Waals surface area (Å²) >= 11 is 5.22. The van der Waals surface area contributed by atoms with Crippen LogP contribution in [0.3, 0.4) is 0 Å². The van der Waals surface area contributed by atoms with Gasteiger partial charge < -0.3 is 4.74 Å². The number of hydrogen-bond donors (Lipinski definition) is 0. The minimum absolute atomic E-state index is 0.739. The first-order chi connectivity index (χ1) is 7.75. The van der Waals surface area contributed by atoms with Crippen molar-refractivity contribution >= 4 is 27.3 Å². The summed E-state index contributed by atoms with van der Waals surface area (Å²) in [6.07, 6.45) is 0.979. The van der Waals surface area contributed by atoms with Crippen LogP contribution in [0.1, 0.15) is 10.4 Å². The minimum Gasteiger partial charge on any atom is -0.493 e. The molecule has 3 heteroatoms. The van der Waals surface area contributed by atoms with E-state index in [1.807, 2.05) is 12.1 Å². The predicted octanol–water partition coefficient (Wildman–Crippen LogP) is 4.44. The summed E-state index contributed by atoms with van der Waals surface area (Å²) in [5, 5.41) is 2.10. The van der Waals surface area contributed by atoms with Crippen molar-refractivity contribution in [1.82, 2.24) is 0 Å². The smallest absolute Gasteiger partial charge is 0.122 e. The van der Waals surface area contributed by atoms with E-state index in [1.54, 1.807) is 11.3 Å². The number of halogens is 1. The van der Waals surface area contributed by atoms with Crippen molar-refractivity contribution < 1.29 is 4.74 Å². The summed E-state index contributed by atoms with van der Waals surface area (Å²) in [6.45, 7) is 2.80. The molecule has 1 aromatic heterocycles. The first-order valence-corrected chi connectivity index (χ1v) is 6.84. The van der Waals surface area contributed by atoms with Crippen LogP contribution in [0.5, 0.6) is 5.75 Å². The molecule has 1 aromatic carbocycles. The third kappa shape index (κ3) is 3.09. The van der Waals surface area contributed by atoms with E-state index in [0.717, 1.165) is 23.2 Å². The fourth-order valence-electron chi connectivity index (χ4n) is 1.49. The van der Waals surface area contributed by atoms with Gasteiger partial charge in [0.2, 0.25) is 0 Å². The van der Waals surface area contributed by atoms with E-state index in [1.165, 1.54) is 10.4 Å². The molecule has 1 heterocycles. The number of aryl methyl sites for hydroxylation is 1. The standard InChI is InChI=1S/C13H13BrOS/c1-10-9-11(14)4-5-13(10)15-7-6-12-3-2-8-16-12/h2-5,8-9H,6-7H2,1H3. The third-order valence-electron chi connectivity index (χ3n) is 2.32. The Labute approximate surface area is 108 Å². The van der Waals surface area contributed by atoms with Crippen LogP contribution in [-0.4, -0.2) is 6.61 Å².